The Bertz CT molecular complexity index is 241. The third-order valence-electron chi connectivity index (χ3n) is 2.52. The van der Waals surface area contributed by atoms with Crippen LogP contribution in [-0.4, -0.2) is 14.8 Å². The molecule has 0 saturated carbocycles. The van der Waals surface area contributed by atoms with Crippen LogP contribution in [0.25, 0.3) is 0 Å². The summed E-state index contributed by atoms with van der Waals surface area (Å²) in [7, 11) is 0. The number of hydrogen-bond acceptors (Lipinski definition) is 2. The first-order valence-electron chi connectivity index (χ1n) is 4.27. The predicted octanol–water partition coefficient (Wildman–Crippen LogP) is 1.25. The molecule has 0 fully saturated rings. The predicted molar refractivity (Wildman–Crippen MR) is 42.1 cm³/mol. The van der Waals surface area contributed by atoms with E-state index in [1.54, 1.807) is 0 Å². The maximum Gasteiger partial charge on any atom is 0.133 e. The normalized spacial score (nSPS) is 23.2. The Morgan fingerprint density at radius 1 is 1.73 bits per heavy atom. The van der Waals surface area contributed by atoms with Crippen LogP contribution in [0.5, 0.6) is 0 Å². The van der Waals surface area contributed by atoms with Crippen molar-refractivity contribution in [2.24, 2.45) is 5.92 Å². The summed E-state index contributed by atoms with van der Waals surface area (Å²) in [6.07, 6.45) is 5.52. The molecule has 0 aromatic carbocycles. The Hall–Kier alpha value is -0.860. The van der Waals surface area contributed by atoms with Crippen LogP contribution < -0.4 is 0 Å². The van der Waals surface area contributed by atoms with Crippen molar-refractivity contribution < 1.29 is 0 Å². The van der Waals surface area contributed by atoms with Gasteiger partial charge in [0.25, 0.3) is 0 Å². The first kappa shape index (κ1) is 6.83. The number of hydrogen-bond donors (Lipinski definition) is 0. The molecule has 0 amide bonds. The van der Waals surface area contributed by atoms with Gasteiger partial charge >= 0.3 is 0 Å². The van der Waals surface area contributed by atoms with Crippen LogP contribution in [0.3, 0.4) is 0 Å². The van der Waals surface area contributed by atoms with E-state index in [2.05, 4.69) is 21.7 Å². The van der Waals surface area contributed by atoms with Crippen LogP contribution in [0.4, 0.5) is 0 Å². The topological polar surface area (TPSA) is 30.7 Å². The molecule has 3 nitrogen and oxygen atoms in total. The van der Waals surface area contributed by atoms with Crippen molar-refractivity contribution in [1.82, 2.24) is 14.8 Å². The molecular formula is C8H13N3. The zero-order chi connectivity index (χ0) is 7.68. The number of aromatic nitrogens is 3. The Labute approximate surface area is 66.4 Å². The lowest BCUT2D eigenvalue weighted by atomic mass is 9.95. The smallest absolute Gasteiger partial charge is 0.133 e. The zero-order valence-electron chi connectivity index (χ0n) is 6.82. The van der Waals surface area contributed by atoms with Gasteiger partial charge in [0.2, 0.25) is 0 Å². The lowest BCUT2D eigenvalue weighted by molar-refractivity contribution is 0.372. The van der Waals surface area contributed by atoms with Gasteiger partial charge in [0.05, 0.1) is 0 Å². The summed E-state index contributed by atoms with van der Waals surface area (Å²) >= 11 is 0. The van der Waals surface area contributed by atoms with E-state index in [9.17, 15) is 0 Å². The maximum atomic E-state index is 4.07. The van der Waals surface area contributed by atoms with E-state index in [0.717, 1.165) is 18.9 Å². The van der Waals surface area contributed by atoms with Gasteiger partial charge in [-0.1, -0.05) is 13.3 Å². The van der Waals surface area contributed by atoms with Crippen molar-refractivity contribution in [3.05, 3.63) is 12.2 Å². The SMILES string of the molecule is CCC1CCn2cnnc2C1. The van der Waals surface area contributed by atoms with Crippen LogP contribution in [0.1, 0.15) is 25.6 Å². The summed E-state index contributed by atoms with van der Waals surface area (Å²) in [5.41, 5.74) is 0. The fourth-order valence-electron chi connectivity index (χ4n) is 1.65. The molecule has 1 aromatic heterocycles. The first-order chi connectivity index (χ1) is 5.40. The molecule has 0 spiro atoms. The number of aryl methyl sites for hydroxylation is 1. The van der Waals surface area contributed by atoms with E-state index in [1.165, 1.54) is 18.7 Å². The van der Waals surface area contributed by atoms with E-state index < -0.39 is 0 Å². The van der Waals surface area contributed by atoms with Gasteiger partial charge < -0.3 is 4.57 Å². The minimum absolute atomic E-state index is 0.840. The third-order valence-corrected chi connectivity index (χ3v) is 2.52. The third kappa shape index (κ3) is 1.15. The summed E-state index contributed by atoms with van der Waals surface area (Å²) in [5.74, 6) is 2.01. The highest BCUT2D eigenvalue weighted by molar-refractivity contribution is 4.91. The molecule has 11 heavy (non-hydrogen) atoms. The molecule has 0 bridgehead atoms. The summed E-state index contributed by atoms with van der Waals surface area (Å²) in [5, 5.41) is 7.95. The van der Waals surface area contributed by atoms with Gasteiger partial charge in [-0.3, -0.25) is 0 Å². The van der Waals surface area contributed by atoms with Gasteiger partial charge in [-0.25, -0.2) is 0 Å². The second kappa shape index (κ2) is 2.64. The minimum Gasteiger partial charge on any atom is -0.318 e. The largest absolute Gasteiger partial charge is 0.318 e. The number of fused-ring (bicyclic) bond motifs is 1. The Kier molecular flexibility index (Phi) is 1.64. The van der Waals surface area contributed by atoms with E-state index in [-0.39, 0.29) is 0 Å². The van der Waals surface area contributed by atoms with Crippen LogP contribution >= 0.6 is 0 Å². The molecule has 1 aliphatic rings. The molecule has 1 unspecified atom stereocenters. The van der Waals surface area contributed by atoms with E-state index in [4.69, 9.17) is 0 Å². The Morgan fingerprint density at radius 3 is 3.45 bits per heavy atom. The van der Waals surface area contributed by atoms with Gasteiger partial charge in [0, 0.05) is 13.0 Å². The zero-order valence-corrected chi connectivity index (χ0v) is 6.82. The minimum atomic E-state index is 0.840. The van der Waals surface area contributed by atoms with Gasteiger partial charge in [-0.05, 0) is 12.3 Å². The van der Waals surface area contributed by atoms with Crippen LogP contribution in [0, 0.1) is 5.92 Å². The summed E-state index contributed by atoms with van der Waals surface area (Å²) < 4.78 is 2.16. The molecule has 1 aliphatic heterocycles. The van der Waals surface area contributed by atoms with E-state index in [0.29, 0.717) is 0 Å². The highest BCUT2D eigenvalue weighted by atomic mass is 15.3. The highest BCUT2D eigenvalue weighted by Crippen LogP contribution is 2.20. The number of nitrogens with zero attached hydrogens (tertiary/aromatic N) is 3. The highest BCUT2D eigenvalue weighted by Gasteiger charge is 2.17. The van der Waals surface area contributed by atoms with Crippen molar-refractivity contribution in [3.63, 3.8) is 0 Å². The summed E-state index contributed by atoms with van der Waals surface area (Å²) in [6, 6.07) is 0. The molecule has 0 N–H and O–H groups in total. The Balaban J connectivity index is 2.18. The second-order valence-electron chi connectivity index (χ2n) is 3.21. The van der Waals surface area contributed by atoms with Crippen molar-refractivity contribution >= 4 is 0 Å². The molecule has 0 radical (unpaired) electrons. The number of rotatable bonds is 1. The average Bonchev–Trinajstić information content (AvgIpc) is 2.50. The molecule has 0 saturated heterocycles. The first-order valence-corrected chi connectivity index (χ1v) is 4.27. The standard InChI is InChI=1S/C8H13N3/c1-2-7-3-4-11-6-9-10-8(11)5-7/h6-7H,2-5H2,1H3. The van der Waals surface area contributed by atoms with E-state index >= 15 is 0 Å². The molecular weight excluding hydrogens is 138 g/mol. The van der Waals surface area contributed by atoms with Gasteiger partial charge in [0.1, 0.15) is 12.2 Å². The molecule has 2 rings (SSSR count). The van der Waals surface area contributed by atoms with Crippen LogP contribution in [0.2, 0.25) is 0 Å². The quantitative estimate of drug-likeness (QED) is 0.604. The maximum absolute atomic E-state index is 4.07. The van der Waals surface area contributed by atoms with Gasteiger partial charge in [-0.2, -0.15) is 0 Å². The van der Waals surface area contributed by atoms with Crippen molar-refractivity contribution in [1.29, 1.82) is 0 Å². The van der Waals surface area contributed by atoms with Gasteiger partial charge in [0.15, 0.2) is 0 Å². The molecule has 0 aliphatic carbocycles. The monoisotopic (exact) mass is 151 g/mol. The Morgan fingerprint density at radius 2 is 2.64 bits per heavy atom. The fraction of sp³-hybridized carbons (Fsp3) is 0.750. The van der Waals surface area contributed by atoms with E-state index in [1.807, 2.05) is 6.33 Å². The molecule has 60 valence electrons. The lowest BCUT2D eigenvalue weighted by Gasteiger charge is -2.20. The average molecular weight is 151 g/mol. The van der Waals surface area contributed by atoms with Crippen molar-refractivity contribution in [2.75, 3.05) is 0 Å². The molecule has 3 heteroatoms. The van der Waals surface area contributed by atoms with Crippen LogP contribution in [-0.2, 0) is 13.0 Å². The summed E-state index contributed by atoms with van der Waals surface area (Å²) in [6.45, 7) is 3.36. The van der Waals surface area contributed by atoms with Crippen LogP contribution in [0.15, 0.2) is 6.33 Å². The van der Waals surface area contributed by atoms with Crippen molar-refractivity contribution in [2.45, 2.75) is 32.7 Å². The van der Waals surface area contributed by atoms with Gasteiger partial charge in [-0.15, -0.1) is 10.2 Å². The fourth-order valence-corrected chi connectivity index (χ4v) is 1.65. The lowest BCUT2D eigenvalue weighted by Crippen LogP contribution is -2.18. The van der Waals surface area contributed by atoms with Crippen molar-refractivity contribution in [3.8, 4) is 0 Å². The molecule has 2 heterocycles. The summed E-state index contributed by atoms with van der Waals surface area (Å²) in [4.78, 5) is 0. The second-order valence-corrected chi connectivity index (χ2v) is 3.21. The molecule has 1 aromatic rings. The molecule has 1 atom stereocenters.